The Labute approximate surface area is 186 Å². The molecule has 0 spiro atoms. The van der Waals surface area contributed by atoms with E-state index in [0.717, 1.165) is 46.4 Å². The number of nitriles is 1. The minimum atomic E-state index is -0.314. The quantitative estimate of drug-likeness (QED) is 0.466. The molecule has 1 aromatic heterocycles. The highest BCUT2D eigenvalue weighted by Gasteiger charge is 2.33. The Kier molecular flexibility index (Phi) is 5.30. The van der Waals surface area contributed by atoms with Gasteiger partial charge in [-0.2, -0.15) is 5.26 Å². The molecule has 1 saturated heterocycles. The first-order chi connectivity index (χ1) is 15.7. The van der Waals surface area contributed by atoms with E-state index in [1.807, 2.05) is 66.7 Å². The van der Waals surface area contributed by atoms with Gasteiger partial charge in [-0.3, -0.25) is 4.90 Å². The lowest BCUT2D eigenvalue weighted by Crippen LogP contribution is -2.31. The van der Waals surface area contributed by atoms with Gasteiger partial charge in [0, 0.05) is 6.54 Å². The summed E-state index contributed by atoms with van der Waals surface area (Å²) in [5, 5.41) is 9.17. The average Bonchev–Trinajstić information content (AvgIpc) is 3.50. The zero-order valence-electron chi connectivity index (χ0n) is 17.5. The van der Waals surface area contributed by atoms with Crippen LogP contribution >= 0.6 is 0 Å². The molecular formula is C26H22N4O2. The Morgan fingerprint density at radius 2 is 1.94 bits per heavy atom. The maximum absolute atomic E-state index is 12.8. The van der Waals surface area contributed by atoms with Gasteiger partial charge in [-0.25, -0.2) is 9.78 Å². The van der Waals surface area contributed by atoms with Crippen molar-refractivity contribution in [3.05, 3.63) is 89.7 Å². The number of aromatic amines is 1. The summed E-state index contributed by atoms with van der Waals surface area (Å²) in [6, 6.07) is 25.3. The summed E-state index contributed by atoms with van der Waals surface area (Å²) in [6.45, 7) is 0.912. The standard InChI is InChI=1S/C26H22N4O2/c27-16-19-8-4-9-20(14-19)21-11-12-22-23(15-21)29-25(28-22)24-10-5-13-30(24)26(31)32-17-18-6-2-1-3-7-18/h1-4,6-9,11-12,14-15,24H,5,10,13,17H2,(H,28,29). The Morgan fingerprint density at radius 1 is 1.09 bits per heavy atom. The van der Waals surface area contributed by atoms with Gasteiger partial charge in [-0.1, -0.05) is 48.5 Å². The lowest BCUT2D eigenvalue weighted by molar-refractivity contribution is 0.0910. The Balaban J connectivity index is 1.36. The van der Waals surface area contributed by atoms with Crippen LogP contribution in [0.4, 0.5) is 4.79 Å². The molecule has 0 radical (unpaired) electrons. The summed E-state index contributed by atoms with van der Waals surface area (Å²) in [5.41, 5.74) is 5.34. The molecule has 1 fully saturated rings. The summed E-state index contributed by atoms with van der Waals surface area (Å²) in [7, 11) is 0. The van der Waals surface area contributed by atoms with Crippen molar-refractivity contribution in [3.63, 3.8) is 0 Å². The molecule has 1 N–H and O–H groups in total. The topological polar surface area (TPSA) is 82.0 Å². The molecule has 0 bridgehead atoms. The molecule has 6 heteroatoms. The number of imidazole rings is 1. The van der Waals surface area contributed by atoms with Crippen LogP contribution in [0.15, 0.2) is 72.8 Å². The van der Waals surface area contributed by atoms with Gasteiger partial charge < -0.3 is 9.72 Å². The van der Waals surface area contributed by atoms with E-state index in [0.29, 0.717) is 12.1 Å². The van der Waals surface area contributed by atoms with Crippen LogP contribution in [0.25, 0.3) is 22.2 Å². The van der Waals surface area contributed by atoms with E-state index in [-0.39, 0.29) is 18.7 Å². The van der Waals surface area contributed by atoms with Gasteiger partial charge in [-0.05, 0) is 53.8 Å². The second-order valence-electron chi connectivity index (χ2n) is 7.94. The number of likely N-dealkylation sites (tertiary alicyclic amines) is 1. The summed E-state index contributed by atoms with van der Waals surface area (Å²) in [6.07, 6.45) is 1.44. The number of nitrogens with one attached hydrogen (secondary N) is 1. The highest BCUT2D eigenvalue weighted by atomic mass is 16.6. The molecule has 2 heterocycles. The molecule has 1 atom stereocenters. The van der Waals surface area contributed by atoms with Gasteiger partial charge in [0.25, 0.3) is 0 Å². The van der Waals surface area contributed by atoms with Gasteiger partial charge in [0.05, 0.1) is 28.7 Å². The van der Waals surface area contributed by atoms with Crippen molar-refractivity contribution in [1.82, 2.24) is 14.9 Å². The Hall–Kier alpha value is -4.11. The average molecular weight is 422 g/mol. The van der Waals surface area contributed by atoms with E-state index < -0.39 is 0 Å². The summed E-state index contributed by atoms with van der Waals surface area (Å²) < 4.78 is 5.56. The van der Waals surface area contributed by atoms with Crippen LogP contribution in [0.2, 0.25) is 0 Å². The molecule has 1 aliphatic heterocycles. The first kappa shape index (κ1) is 19.8. The predicted octanol–water partition coefficient (Wildman–Crippen LogP) is 5.58. The minimum absolute atomic E-state index is 0.129. The predicted molar refractivity (Wildman–Crippen MR) is 122 cm³/mol. The van der Waals surface area contributed by atoms with Crippen LogP contribution in [0.1, 0.15) is 35.8 Å². The summed E-state index contributed by atoms with van der Waals surface area (Å²) in [5.74, 6) is 0.775. The molecule has 0 saturated carbocycles. The van der Waals surface area contributed by atoms with E-state index in [2.05, 4.69) is 11.1 Å². The molecule has 1 amide bonds. The number of nitrogens with zero attached hydrogens (tertiary/aromatic N) is 3. The van der Waals surface area contributed by atoms with E-state index in [1.165, 1.54) is 0 Å². The van der Waals surface area contributed by atoms with Crippen molar-refractivity contribution in [2.24, 2.45) is 0 Å². The molecule has 1 unspecified atom stereocenters. The highest BCUT2D eigenvalue weighted by molar-refractivity contribution is 5.82. The number of carbonyl (C=O) groups is 1. The van der Waals surface area contributed by atoms with Crippen LogP contribution in [-0.2, 0) is 11.3 Å². The monoisotopic (exact) mass is 422 g/mol. The number of fused-ring (bicyclic) bond motifs is 1. The minimum Gasteiger partial charge on any atom is -0.445 e. The lowest BCUT2D eigenvalue weighted by Gasteiger charge is -2.22. The fraction of sp³-hybridized carbons (Fsp3) is 0.192. The molecule has 3 aromatic carbocycles. The summed E-state index contributed by atoms with van der Waals surface area (Å²) in [4.78, 5) is 22.7. The fourth-order valence-electron chi connectivity index (χ4n) is 4.21. The van der Waals surface area contributed by atoms with Crippen LogP contribution in [-0.4, -0.2) is 27.5 Å². The number of hydrogen-bond donors (Lipinski definition) is 1. The molecule has 4 aromatic rings. The molecule has 6 nitrogen and oxygen atoms in total. The van der Waals surface area contributed by atoms with Crippen molar-refractivity contribution in [2.45, 2.75) is 25.5 Å². The molecule has 1 aliphatic rings. The number of benzene rings is 3. The second-order valence-corrected chi connectivity index (χ2v) is 7.94. The molecule has 32 heavy (non-hydrogen) atoms. The van der Waals surface area contributed by atoms with Crippen LogP contribution in [0, 0.1) is 11.3 Å². The number of ether oxygens (including phenoxy) is 1. The third kappa shape index (κ3) is 3.93. The smallest absolute Gasteiger partial charge is 0.410 e. The van der Waals surface area contributed by atoms with Crippen LogP contribution in [0.3, 0.4) is 0 Å². The van der Waals surface area contributed by atoms with Gasteiger partial charge in [0.1, 0.15) is 12.4 Å². The molecule has 158 valence electrons. The van der Waals surface area contributed by atoms with Gasteiger partial charge >= 0.3 is 6.09 Å². The number of hydrogen-bond acceptors (Lipinski definition) is 4. The Morgan fingerprint density at radius 3 is 2.78 bits per heavy atom. The SMILES string of the molecule is N#Cc1cccc(-c2ccc3nc(C4CCCN4C(=O)OCc4ccccc4)[nH]c3c2)c1. The summed E-state index contributed by atoms with van der Waals surface area (Å²) >= 11 is 0. The third-order valence-electron chi connectivity index (χ3n) is 5.83. The number of amides is 1. The molecule has 5 rings (SSSR count). The number of aromatic nitrogens is 2. The largest absolute Gasteiger partial charge is 0.445 e. The first-order valence-corrected chi connectivity index (χ1v) is 10.7. The van der Waals surface area contributed by atoms with Crippen molar-refractivity contribution in [1.29, 1.82) is 5.26 Å². The van der Waals surface area contributed by atoms with Gasteiger partial charge in [0.2, 0.25) is 0 Å². The van der Waals surface area contributed by atoms with E-state index in [1.54, 1.807) is 11.0 Å². The fourth-order valence-corrected chi connectivity index (χ4v) is 4.21. The van der Waals surface area contributed by atoms with Crippen molar-refractivity contribution in [2.75, 3.05) is 6.54 Å². The number of H-pyrrole nitrogens is 1. The Bertz CT molecular complexity index is 1310. The van der Waals surface area contributed by atoms with Gasteiger partial charge in [0.15, 0.2) is 0 Å². The molecular weight excluding hydrogens is 400 g/mol. The van der Waals surface area contributed by atoms with E-state index in [9.17, 15) is 4.79 Å². The first-order valence-electron chi connectivity index (χ1n) is 10.7. The zero-order valence-corrected chi connectivity index (χ0v) is 17.5. The maximum atomic E-state index is 12.8. The normalized spacial score (nSPS) is 15.6. The maximum Gasteiger partial charge on any atom is 0.410 e. The lowest BCUT2D eigenvalue weighted by atomic mass is 10.0. The highest BCUT2D eigenvalue weighted by Crippen LogP contribution is 2.33. The van der Waals surface area contributed by atoms with E-state index in [4.69, 9.17) is 15.0 Å². The van der Waals surface area contributed by atoms with Crippen LogP contribution in [0.5, 0.6) is 0 Å². The zero-order chi connectivity index (χ0) is 21.9. The van der Waals surface area contributed by atoms with Crippen molar-refractivity contribution < 1.29 is 9.53 Å². The molecule has 0 aliphatic carbocycles. The van der Waals surface area contributed by atoms with Gasteiger partial charge in [-0.15, -0.1) is 0 Å². The van der Waals surface area contributed by atoms with E-state index >= 15 is 0 Å². The number of carbonyl (C=O) groups excluding carboxylic acids is 1. The number of rotatable bonds is 4. The van der Waals surface area contributed by atoms with Crippen molar-refractivity contribution >= 4 is 17.1 Å². The van der Waals surface area contributed by atoms with Crippen LogP contribution < -0.4 is 0 Å². The van der Waals surface area contributed by atoms with Crippen molar-refractivity contribution in [3.8, 4) is 17.2 Å². The second kappa shape index (κ2) is 8.56. The third-order valence-corrected chi connectivity index (χ3v) is 5.83.